The van der Waals surface area contributed by atoms with Gasteiger partial charge in [0.25, 0.3) is 0 Å². The van der Waals surface area contributed by atoms with Gasteiger partial charge >= 0.3 is 5.97 Å². The topological polar surface area (TPSA) is 52.1 Å². The fourth-order valence-electron chi connectivity index (χ4n) is 3.10. The van der Waals surface area contributed by atoms with E-state index in [0.29, 0.717) is 5.56 Å². The van der Waals surface area contributed by atoms with Crippen molar-refractivity contribution in [2.75, 3.05) is 7.11 Å². The number of hydrogen-bond acceptors (Lipinski definition) is 5. The molecule has 0 aliphatic rings. The number of carbonyl (C=O) groups excluding carboxylic acids is 1. The molecule has 0 fully saturated rings. The standard InChI is InChI=1S/C20H23IN2O2S/c1-3-4-5-6-7-8-9-16-17(21)18-19(26-16)14-12-13(20(24)25-2)10-11-15(14)22-23-18/h10-12H,3-9H2,1-2H3. The Kier molecular flexibility index (Phi) is 6.80. The number of aromatic nitrogens is 2. The van der Waals surface area contributed by atoms with Crippen molar-refractivity contribution in [2.45, 2.75) is 51.9 Å². The Morgan fingerprint density at radius 3 is 2.69 bits per heavy atom. The lowest BCUT2D eigenvalue weighted by molar-refractivity contribution is 0.0601. The van der Waals surface area contributed by atoms with Gasteiger partial charge in [-0.3, -0.25) is 0 Å². The molecule has 6 heteroatoms. The number of aryl methyl sites for hydroxylation is 1. The van der Waals surface area contributed by atoms with Crippen LogP contribution in [0.5, 0.6) is 0 Å². The number of hydrogen-bond donors (Lipinski definition) is 0. The zero-order valence-electron chi connectivity index (χ0n) is 15.2. The SMILES string of the molecule is CCCCCCCCc1sc2c(nnc3ccc(C(=O)OC)cc32)c1I. The van der Waals surface area contributed by atoms with Crippen LogP contribution in [0.2, 0.25) is 0 Å². The van der Waals surface area contributed by atoms with Gasteiger partial charge in [-0.2, -0.15) is 0 Å². The van der Waals surface area contributed by atoms with Crippen molar-refractivity contribution >= 4 is 61.0 Å². The van der Waals surface area contributed by atoms with Crippen LogP contribution in [0, 0.1) is 3.57 Å². The van der Waals surface area contributed by atoms with E-state index < -0.39 is 0 Å². The first-order valence-electron chi connectivity index (χ1n) is 9.11. The zero-order chi connectivity index (χ0) is 18.5. The van der Waals surface area contributed by atoms with Crippen molar-refractivity contribution in [2.24, 2.45) is 0 Å². The van der Waals surface area contributed by atoms with Gasteiger partial charge in [0.1, 0.15) is 5.52 Å². The van der Waals surface area contributed by atoms with E-state index in [9.17, 15) is 4.79 Å². The van der Waals surface area contributed by atoms with Crippen LogP contribution >= 0.6 is 33.9 Å². The maximum absolute atomic E-state index is 11.9. The van der Waals surface area contributed by atoms with E-state index in [1.807, 2.05) is 12.1 Å². The first-order valence-corrected chi connectivity index (χ1v) is 11.0. The molecule has 0 radical (unpaired) electrons. The van der Waals surface area contributed by atoms with Crippen LogP contribution in [0.15, 0.2) is 18.2 Å². The molecule has 0 aliphatic heterocycles. The number of benzene rings is 1. The first kappa shape index (κ1) is 19.5. The maximum Gasteiger partial charge on any atom is 0.337 e. The van der Waals surface area contributed by atoms with E-state index in [1.54, 1.807) is 17.4 Å². The van der Waals surface area contributed by atoms with Gasteiger partial charge in [-0.25, -0.2) is 4.79 Å². The maximum atomic E-state index is 11.9. The highest BCUT2D eigenvalue weighted by Gasteiger charge is 2.16. The van der Waals surface area contributed by atoms with Crippen molar-refractivity contribution in [3.05, 3.63) is 32.2 Å². The number of nitrogens with zero attached hydrogens (tertiary/aromatic N) is 2. The van der Waals surface area contributed by atoms with E-state index >= 15 is 0 Å². The number of halogens is 1. The van der Waals surface area contributed by atoms with E-state index in [0.717, 1.165) is 27.5 Å². The van der Waals surface area contributed by atoms with Crippen molar-refractivity contribution in [1.82, 2.24) is 10.2 Å². The third-order valence-electron chi connectivity index (χ3n) is 4.57. The molecule has 0 amide bonds. The van der Waals surface area contributed by atoms with Crippen molar-refractivity contribution in [1.29, 1.82) is 0 Å². The molecule has 2 heterocycles. The molecular formula is C20H23IN2O2S. The summed E-state index contributed by atoms with van der Waals surface area (Å²) in [5.74, 6) is -0.324. The molecule has 0 unspecified atom stereocenters. The lowest BCUT2D eigenvalue weighted by Crippen LogP contribution is -2.01. The quantitative estimate of drug-likeness (QED) is 0.220. The molecule has 0 bridgehead atoms. The summed E-state index contributed by atoms with van der Waals surface area (Å²) in [6, 6.07) is 5.46. The predicted molar refractivity (Wildman–Crippen MR) is 116 cm³/mol. The average molecular weight is 482 g/mol. The van der Waals surface area contributed by atoms with Crippen molar-refractivity contribution < 1.29 is 9.53 Å². The lowest BCUT2D eigenvalue weighted by Gasteiger charge is -2.02. The van der Waals surface area contributed by atoms with E-state index in [2.05, 4.69) is 39.7 Å². The molecule has 0 spiro atoms. The molecule has 138 valence electrons. The van der Waals surface area contributed by atoms with Crippen LogP contribution in [-0.2, 0) is 11.2 Å². The summed E-state index contributed by atoms with van der Waals surface area (Å²) in [5, 5.41) is 9.75. The van der Waals surface area contributed by atoms with Crippen LogP contribution < -0.4 is 0 Å². The summed E-state index contributed by atoms with van der Waals surface area (Å²) in [7, 11) is 1.40. The number of esters is 1. The Hall–Kier alpha value is -1.28. The smallest absolute Gasteiger partial charge is 0.337 e. The van der Waals surface area contributed by atoms with Gasteiger partial charge in [0.15, 0.2) is 0 Å². The zero-order valence-corrected chi connectivity index (χ0v) is 18.2. The minimum Gasteiger partial charge on any atom is -0.465 e. The van der Waals surface area contributed by atoms with Crippen molar-refractivity contribution in [3.63, 3.8) is 0 Å². The summed E-state index contributed by atoms with van der Waals surface area (Å²) < 4.78 is 7.17. The summed E-state index contributed by atoms with van der Waals surface area (Å²) in [6.07, 6.45) is 8.86. The monoisotopic (exact) mass is 482 g/mol. The Labute approximate surface area is 171 Å². The van der Waals surface area contributed by atoms with Gasteiger partial charge in [0, 0.05) is 10.3 Å². The fourth-order valence-corrected chi connectivity index (χ4v) is 5.45. The number of ether oxygens (including phenoxy) is 1. The molecule has 0 atom stereocenters. The van der Waals surface area contributed by atoms with Gasteiger partial charge in [-0.15, -0.1) is 21.5 Å². The van der Waals surface area contributed by atoms with Gasteiger partial charge in [-0.05, 0) is 53.6 Å². The van der Waals surface area contributed by atoms with E-state index in [4.69, 9.17) is 4.74 Å². The Bertz CT molecular complexity index is 923. The summed E-state index contributed by atoms with van der Waals surface area (Å²) >= 11 is 4.17. The third kappa shape index (κ3) is 4.17. The number of carbonyl (C=O) groups is 1. The molecule has 3 aromatic rings. The van der Waals surface area contributed by atoms with E-state index in [-0.39, 0.29) is 5.97 Å². The Balaban J connectivity index is 1.86. The molecule has 26 heavy (non-hydrogen) atoms. The molecule has 1 aromatic carbocycles. The number of methoxy groups -OCH3 is 1. The molecule has 0 aliphatic carbocycles. The normalized spacial score (nSPS) is 11.3. The summed E-state index contributed by atoms with van der Waals surface area (Å²) in [6.45, 7) is 2.25. The molecular weight excluding hydrogens is 459 g/mol. The molecule has 0 saturated carbocycles. The largest absolute Gasteiger partial charge is 0.465 e. The summed E-state index contributed by atoms with van der Waals surface area (Å²) in [4.78, 5) is 13.2. The van der Waals surface area contributed by atoms with Crippen molar-refractivity contribution in [3.8, 4) is 0 Å². The van der Waals surface area contributed by atoms with Crippen LogP contribution in [-0.4, -0.2) is 23.3 Å². The number of rotatable bonds is 8. The molecule has 2 aromatic heterocycles. The fraction of sp³-hybridized carbons (Fsp3) is 0.450. The number of unbranched alkanes of at least 4 members (excludes halogenated alkanes) is 5. The highest BCUT2D eigenvalue weighted by Crippen LogP contribution is 2.36. The van der Waals surface area contributed by atoms with Crippen LogP contribution in [0.25, 0.3) is 21.1 Å². The minimum atomic E-state index is -0.324. The van der Waals surface area contributed by atoms with Gasteiger partial charge < -0.3 is 4.74 Å². The number of fused-ring (bicyclic) bond motifs is 3. The minimum absolute atomic E-state index is 0.324. The molecule has 4 nitrogen and oxygen atoms in total. The highest BCUT2D eigenvalue weighted by molar-refractivity contribution is 14.1. The van der Waals surface area contributed by atoms with Gasteiger partial charge in [0.05, 0.1) is 26.5 Å². The van der Waals surface area contributed by atoms with Gasteiger partial charge in [0.2, 0.25) is 0 Å². The third-order valence-corrected chi connectivity index (χ3v) is 7.37. The van der Waals surface area contributed by atoms with Crippen LogP contribution in [0.3, 0.4) is 0 Å². The van der Waals surface area contributed by atoms with Crippen LogP contribution in [0.4, 0.5) is 0 Å². The Morgan fingerprint density at radius 1 is 1.15 bits per heavy atom. The lowest BCUT2D eigenvalue weighted by atomic mass is 10.1. The molecule has 0 N–H and O–H groups in total. The summed E-state index contributed by atoms with van der Waals surface area (Å²) in [5.41, 5.74) is 2.31. The second-order valence-corrected chi connectivity index (χ2v) is 8.64. The second-order valence-electron chi connectivity index (χ2n) is 6.46. The molecule has 3 rings (SSSR count). The Morgan fingerprint density at radius 2 is 1.92 bits per heavy atom. The molecule has 0 saturated heterocycles. The van der Waals surface area contributed by atoms with Gasteiger partial charge in [-0.1, -0.05) is 39.0 Å². The van der Waals surface area contributed by atoms with Crippen LogP contribution in [0.1, 0.15) is 60.7 Å². The number of thiophene rings is 1. The predicted octanol–water partition coefficient (Wildman–Crippen LogP) is 6.14. The first-order chi connectivity index (χ1) is 12.7. The second kappa shape index (κ2) is 9.08. The van der Waals surface area contributed by atoms with E-state index in [1.165, 1.54) is 54.1 Å². The highest BCUT2D eigenvalue weighted by atomic mass is 127. The average Bonchev–Trinajstić information content (AvgIpc) is 2.99.